The number of nitrogens with one attached hydrogen (secondary N) is 1. The van der Waals surface area contributed by atoms with Crippen LogP contribution in [0.1, 0.15) is 25.7 Å². The molecule has 2 N–H and O–H groups in total. The van der Waals surface area contributed by atoms with Gasteiger partial charge in [-0.15, -0.1) is 0 Å². The number of hydrogen-bond donors (Lipinski definition) is 2. The van der Waals surface area contributed by atoms with Crippen molar-refractivity contribution in [3.63, 3.8) is 0 Å². The standard InChI is InChI=1S/C8H12F5NO3S/c9-7(10,11)8(12,13)18(16,17)14-5-3-1-2-4-6(5)15/h5-6,14-15H,1-4H2. The zero-order valence-electron chi connectivity index (χ0n) is 9.04. The second-order valence-corrected chi connectivity index (χ2v) is 5.85. The highest BCUT2D eigenvalue weighted by Crippen LogP contribution is 2.39. The lowest BCUT2D eigenvalue weighted by molar-refractivity contribution is -0.241. The maximum Gasteiger partial charge on any atom is 0.470 e. The van der Waals surface area contributed by atoms with E-state index in [0.29, 0.717) is 12.8 Å². The molecule has 0 spiro atoms. The molecule has 1 aliphatic rings. The average molecular weight is 297 g/mol. The molecule has 18 heavy (non-hydrogen) atoms. The molecule has 0 bridgehead atoms. The number of rotatable bonds is 3. The Balaban J connectivity index is 2.88. The fourth-order valence-electron chi connectivity index (χ4n) is 1.67. The van der Waals surface area contributed by atoms with E-state index in [1.54, 1.807) is 0 Å². The van der Waals surface area contributed by atoms with Crippen LogP contribution in [0.5, 0.6) is 0 Å². The van der Waals surface area contributed by atoms with Crippen molar-refractivity contribution < 1.29 is 35.5 Å². The lowest BCUT2D eigenvalue weighted by Crippen LogP contribution is -2.55. The number of hydrogen-bond acceptors (Lipinski definition) is 3. The van der Waals surface area contributed by atoms with Gasteiger partial charge in [-0.25, -0.2) is 13.1 Å². The Labute approximate surface area is 100 Å². The van der Waals surface area contributed by atoms with E-state index in [1.807, 2.05) is 0 Å². The van der Waals surface area contributed by atoms with E-state index >= 15 is 0 Å². The van der Waals surface area contributed by atoms with Crippen molar-refractivity contribution in [2.24, 2.45) is 0 Å². The predicted octanol–water partition coefficient (Wildman–Crippen LogP) is 1.36. The van der Waals surface area contributed by atoms with Crippen LogP contribution in [0.3, 0.4) is 0 Å². The topological polar surface area (TPSA) is 66.4 Å². The third kappa shape index (κ3) is 2.91. The van der Waals surface area contributed by atoms with Crippen molar-refractivity contribution in [1.82, 2.24) is 4.72 Å². The van der Waals surface area contributed by atoms with Gasteiger partial charge in [0.05, 0.1) is 6.10 Å². The van der Waals surface area contributed by atoms with Crippen LogP contribution in [0.15, 0.2) is 0 Å². The monoisotopic (exact) mass is 297 g/mol. The Hall–Kier alpha value is -0.480. The summed E-state index contributed by atoms with van der Waals surface area (Å²) < 4.78 is 84.6. The van der Waals surface area contributed by atoms with Crippen LogP contribution in [0, 0.1) is 0 Å². The Morgan fingerprint density at radius 3 is 2.00 bits per heavy atom. The molecule has 0 aromatic carbocycles. The molecule has 4 nitrogen and oxygen atoms in total. The molecule has 0 heterocycles. The second-order valence-electron chi connectivity index (χ2n) is 4.09. The van der Waals surface area contributed by atoms with Gasteiger partial charge in [0, 0.05) is 6.04 Å². The molecule has 108 valence electrons. The molecule has 0 radical (unpaired) electrons. The Kier molecular flexibility index (Phi) is 4.23. The summed E-state index contributed by atoms with van der Waals surface area (Å²) >= 11 is 0. The number of halogens is 5. The molecule has 10 heteroatoms. The highest BCUT2D eigenvalue weighted by molar-refractivity contribution is 7.90. The smallest absolute Gasteiger partial charge is 0.391 e. The summed E-state index contributed by atoms with van der Waals surface area (Å²) in [5.74, 6) is 0. The van der Waals surface area contributed by atoms with Gasteiger partial charge in [-0.3, -0.25) is 0 Å². The van der Waals surface area contributed by atoms with Crippen LogP contribution in [0.25, 0.3) is 0 Å². The highest BCUT2D eigenvalue weighted by Gasteiger charge is 2.67. The van der Waals surface area contributed by atoms with E-state index in [2.05, 4.69) is 0 Å². The first-order chi connectivity index (χ1) is 7.99. The minimum absolute atomic E-state index is 0.0222. The molecule has 0 amide bonds. The Bertz CT molecular complexity index is 394. The van der Waals surface area contributed by atoms with Gasteiger partial charge >= 0.3 is 11.4 Å². The van der Waals surface area contributed by atoms with E-state index in [4.69, 9.17) is 0 Å². The zero-order valence-corrected chi connectivity index (χ0v) is 9.86. The number of aliphatic hydroxyl groups is 1. The average Bonchev–Trinajstić information content (AvgIpc) is 2.19. The molecule has 0 aromatic heterocycles. The van der Waals surface area contributed by atoms with E-state index in [9.17, 15) is 35.5 Å². The van der Waals surface area contributed by atoms with Gasteiger partial charge in [-0.1, -0.05) is 12.8 Å². The van der Waals surface area contributed by atoms with Gasteiger partial charge in [-0.2, -0.15) is 22.0 Å². The summed E-state index contributed by atoms with van der Waals surface area (Å²) in [5, 5.41) is 3.47. The summed E-state index contributed by atoms with van der Waals surface area (Å²) in [4.78, 5) is 0. The van der Waals surface area contributed by atoms with E-state index < -0.39 is 33.6 Å². The summed E-state index contributed by atoms with van der Waals surface area (Å²) in [6.07, 6.45) is -6.26. The van der Waals surface area contributed by atoms with Crippen molar-refractivity contribution in [3.8, 4) is 0 Å². The largest absolute Gasteiger partial charge is 0.470 e. The quantitative estimate of drug-likeness (QED) is 0.773. The maximum absolute atomic E-state index is 12.7. The molecule has 1 fully saturated rings. The minimum Gasteiger partial charge on any atom is -0.391 e. The first kappa shape index (κ1) is 15.6. The Morgan fingerprint density at radius 2 is 1.56 bits per heavy atom. The van der Waals surface area contributed by atoms with Gasteiger partial charge in [0.15, 0.2) is 0 Å². The van der Waals surface area contributed by atoms with Crippen molar-refractivity contribution >= 4 is 10.0 Å². The molecule has 1 aliphatic carbocycles. The Morgan fingerprint density at radius 1 is 1.06 bits per heavy atom. The molecular formula is C8H12F5NO3S. The first-order valence-corrected chi connectivity index (χ1v) is 6.62. The molecule has 1 rings (SSSR count). The van der Waals surface area contributed by atoms with Gasteiger partial charge in [0.25, 0.3) is 10.0 Å². The number of alkyl halides is 5. The molecule has 1 saturated carbocycles. The lowest BCUT2D eigenvalue weighted by atomic mass is 9.93. The van der Waals surface area contributed by atoms with Crippen LogP contribution in [0.4, 0.5) is 22.0 Å². The predicted molar refractivity (Wildman–Crippen MR) is 51.3 cm³/mol. The first-order valence-electron chi connectivity index (χ1n) is 5.13. The molecule has 0 aromatic rings. The van der Waals surface area contributed by atoms with Crippen LogP contribution in [-0.4, -0.2) is 37.1 Å². The molecule has 2 atom stereocenters. The summed E-state index contributed by atoms with van der Waals surface area (Å²) in [7, 11) is -5.92. The zero-order chi connectivity index (χ0) is 14.2. The lowest BCUT2D eigenvalue weighted by Gasteiger charge is -2.30. The second kappa shape index (κ2) is 4.89. The van der Waals surface area contributed by atoms with E-state index in [0.717, 1.165) is 0 Å². The normalized spacial score (nSPS) is 27.2. The summed E-state index contributed by atoms with van der Waals surface area (Å²) in [6.45, 7) is 0. The molecule has 0 aliphatic heterocycles. The van der Waals surface area contributed by atoms with Crippen molar-refractivity contribution in [1.29, 1.82) is 0 Å². The van der Waals surface area contributed by atoms with E-state index in [-0.39, 0.29) is 12.8 Å². The third-order valence-electron chi connectivity index (χ3n) is 2.70. The summed E-state index contributed by atoms with van der Waals surface area (Å²) in [6, 6.07) is -1.31. The minimum atomic E-state index is -6.20. The van der Waals surface area contributed by atoms with Gasteiger partial charge in [0.1, 0.15) is 0 Å². The van der Waals surface area contributed by atoms with Crippen molar-refractivity contribution in [2.75, 3.05) is 0 Å². The molecule has 2 unspecified atom stereocenters. The van der Waals surface area contributed by atoms with Crippen LogP contribution in [-0.2, 0) is 10.0 Å². The molecular weight excluding hydrogens is 285 g/mol. The number of sulfonamides is 1. The van der Waals surface area contributed by atoms with Gasteiger partial charge < -0.3 is 5.11 Å². The summed E-state index contributed by atoms with van der Waals surface area (Å²) in [5.41, 5.74) is 0. The maximum atomic E-state index is 12.7. The fraction of sp³-hybridized carbons (Fsp3) is 1.00. The van der Waals surface area contributed by atoms with Gasteiger partial charge in [-0.05, 0) is 12.8 Å². The fourth-order valence-corrected chi connectivity index (χ4v) is 2.80. The van der Waals surface area contributed by atoms with Crippen LogP contribution in [0.2, 0.25) is 0 Å². The molecule has 0 saturated heterocycles. The van der Waals surface area contributed by atoms with Crippen molar-refractivity contribution in [3.05, 3.63) is 0 Å². The van der Waals surface area contributed by atoms with Crippen molar-refractivity contribution in [2.45, 2.75) is 49.3 Å². The highest BCUT2D eigenvalue weighted by atomic mass is 32.2. The van der Waals surface area contributed by atoms with Gasteiger partial charge in [0.2, 0.25) is 0 Å². The van der Waals surface area contributed by atoms with Crippen LogP contribution >= 0.6 is 0 Å². The third-order valence-corrected chi connectivity index (χ3v) is 4.22. The number of aliphatic hydroxyl groups excluding tert-OH is 1. The van der Waals surface area contributed by atoms with E-state index in [1.165, 1.54) is 4.72 Å². The SMILES string of the molecule is O=S(=O)(NC1CCCCC1O)C(F)(F)C(F)(F)F. The van der Waals surface area contributed by atoms with Crippen LogP contribution < -0.4 is 4.72 Å².